The van der Waals surface area contributed by atoms with Crippen LogP contribution >= 0.6 is 0 Å². The molecule has 0 spiro atoms. The normalized spacial score (nSPS) is 12.3. The fourth-order valence-electron chi connectivity index (χ4n) is 2.04. The van der Waals surface area contributed by atoms with Crippen molar-refractivity contribution in [1.29, 1.82) is 0 Å². The Bertz CT molecular complexity index is 631. The number of carbonyl (C=O) groups excluding carboxylic acids is 1. The van der Waals surface area contributed by atoms with Gasteiger partial charge in [0.25, 0.3) is 5.91 Å². The van der Waals surface area contributed by atoms with Gasteiger partial charge in [0.2, 0.25) is 0 Å². The highest BCUT2D eigenvalue weighted by Gasteiger charge is 2.11. The van der Waals surface area contributed by atoms with Gasteiger partial charge < -0.3 is 20.9 Å². The van der Waals surface area contributed by atoms with Crippen LogP contribution in [0, 0.1) is 0 Å². The molecule has 1 unspecified atom stereocenters. The van der Waals surface area contributed by atoms with E-state index in [0.29, 0.717) is 24.2 Å². The largest absolute Gasteiger partial charge is 0.398 e. The first-order valence-corrected chi connectivity index (χ1v) is 6.72. The molecule has 0 saturated heterocycles. The lowest BCUT2D eigenvalue weighted by molar-refractivity contribution is 0.0587. The van der Waals surface area contributed by atoms with Crippen molar-refractivity contribution in [3.05, 3.63) is 36.0 Å². The van der Waals surface area contributed by atoms with Crippen LogP contribution in [0.25, 0.3) is 10.9 Å². The van der Waals surface area contributed by atoms with Gasteiger partial charge in [-0.15, -0.1) is 0 Å². The molecule has 0 saturated carbocycles. The molecular formula is C15H19N3O3. The zero-order valence-electron chi connectivity index (χ0n) is 11.9. The second-order valence-electron chi connectivity index (χ2n) is 4.77. The van der Waals surface area contributed by atoms with Gasteiger partial charge >= 0.3 is 0 Å². The average Bonchev–Trinajstić information content (AvgIpc) is 2.47. The molecule has 6 heteroatoms. The van der Waals surface area contributed by atoms with Gasteiger partial charge in [-0.1, -0.05) is 18.2 Å². The maximum absolute atomic E-state index is 12.0. The highest BCUT2D eigenvalue weighted by molar-refractivity contribution is 5.99. The quantitative estimate of drug-likeness (QED) is 0.735. The average molecular weight is 289 g/mol. The molecule has 0 aliphatic heterocycles. The number of nitrogen functional groups attached to an aromatic ring is 1. The second-order valence-corrected chi connectivity index (χ2v) is 4.77. The van der Waals surface area contributed by atoms with E-state index in [0.717, 1.165) is 5.39 Å². The number of anilines is 1. The number of rotatable bonds is 6. The number of para-hydroxylation sites is 1. The number of hydrogen-bond acceptors (Lipinski definition) is 5. The monoisotopic (exact) mass is 289 g/mol. The van der Waals surface area contributed by atoms with Gasteiger partial charge in [0.15, 0.2) is 0 Å². The summed E-state index contributed by atoms with van der Waals surface area (Å²) >= 11 is 0. The van der Waals surface area contributed by atoms with Gasteiger partial charge in [-0.3, -0.25) is 4.79 Å². The Morgan fingerprint density at radius 3 is 3.00 bits per heavy atom. The van der Waals surface area contributed by atoms with Gasteiger partial charge in [0.05, 0.1) is 18.2 Å². The van der Waals surface area contributed by atoms with Crippen LogP contribution in [0.5, 0.6) is 0 Å². The minimum Gasteiger partial charge on any atom is -0.398 e. The maximum atomic E-state index is 12.0. The van der Waals surface area contributed by atoms with Gasteiger partial charge in [-0.2, -0.15) is 0 Å². The van der Waals surface area contributed by atoms with E-state index in [2.05, 4.69) is 10.3 Å². The first-order chi connectivity index (χ1) is 10.1. The molecule has 0 aliphatic carbocycles. The Balaban J connectivity index is 2.03. The number of amides is 1. The Hall–Kier alpha value is -2.18. The standard InChI is InChI=1S/C15H19N3O3/c1-21-9-10(19)6-7-17-15(20)14-8-12(16)11-4-2-3-5-13(11)18-14/h2-5,8,10,19H,6-7,9H2,1H3,(H2,16,18)(H,17,20). The number of nitrogens with one attached hydrogen (secondary N) is 1. The lowest BCUT2D eigenvalue weighted by Crippen LogP contribution is -2.29. The van der Waals surface area contributed by atoms with Crippen LogP contribution in [0.3, 0.4) is 0 Å². The van der Waals surface area contributed by atoms with Crippen molar-refractivity contribution < 1.29 is 14.6 Å². The molecule has 1 amide bonds. The molecular weight excluding hydrogens is 270 g/mol. The number of pyridine rings is 1. The number of fused-ring (bicyclic) bond motifs is 1. The molecule has 112 valence electrons. The predicted octanol–water partition coefficient (Wildman–Crippen LogP) is 0.944. The molecule has 4 N–H and O–H groups in total. The van der Waals surface area contributed by atoms with Crippen molar-refractivity contribution in [2.24, 2.45) is 0 Å². The predicted molar refractivity (Wildman–Crippen MR) is 81.0 cm³/mol. The third-order valence-electron chi connectivity index (χ3n) is 3.10. The van der Waals surface area contributed by atoms with Crippen LogP contribution in [0.2, 0.25) is 0 Å². The van der Waals surface area contributed by atoms with Crippen LogP contribution in [0.15, 0.2) is 30.3 Å². The lowest BCUT2D eigenvalue weighted by atomic mass is 10.1. The molecule has 0 radical (unpaired) electrons. The van der Waals surface area contributed by atoms with Gasteiger partial charge in [-0.05, 0) is 18.6 Å². The number of carbonyl (C=O) groups is 1. The number of aliphatic hydroxyl groups is 1. The number of ether oxygens (including phenoxy) is 1. The molecule has 1 aromatic carbocycles. The van der Waals surface area contributed by atoms with Crippen molar-refractivity contribution in [1.82, 2.24) is 10.3 Å². The van der Waals surface area contributed by atoms with Gasteiger partial charge in [0, 0.05) is 24.7 Å². The van der Waals surface area contributed by atoms with E-state index in [1.807, 2.05) is 24.3 Å². The second kappa shape index (κ2) is 7.01. The number of nitrogens with zero attached hydrogens (tertiary/aromatic N) is 1. The molecule has 2 aromatic rings. The van der Waals surface area contributed by atoms with Crippen LogP contribution in [-0.4, -0.2) is 42.4 Å². The smallest absolute Gasteiger partial charge is 0.269 e. The first-order valence-electron chi connectivity index (χ1n) is 6.72. The summed E-state index contributed by atoms with van der Waals surface area (Å²) in [5.41, 5.74) is 7.41. The Labute approximate surface area is 122 Å². The first kappa shape index (κ1) is 15.2. The van der Waals surface area contributed by atoms with Crippen molar-refractivity contribution >= 4 is 22.5 Å². The summed E-state index contributed by atoms with van der Waals surface area (Å²) < 4.78 is 4.82. The van der Waals surface area contributed by atoms with Crippen LogP contribution in [0.1, 0.15) is 16.9 Å². The molecule has 1 atom stereocenters. The summed E-state index contributed by atoms with van der Waals surface area (Å²) in [4.78, 5) is 16.3. The molecule has 2 rings (SSSR count). The van der Waals surface area contributed by atoms with Gasteiger partial charge in [-0.25, -0.2) is 4.98 Å². The number of aliphatic hydroxyl groups excluding tert-OH is 1. The van der Waals surface area contributed by atoms with Crippen LogP contribution in [-0.2, 0) is 4.74 Å². The molecule has 0 bridgehead atoms. The maximum Gasteiger partial charge on any atom is 0.269 e. The highest BCUT2D eigenvalue weighted by Crippen LogP contribution is 2.19. The minimum absolute atomic E-state index is 0.247. The van der Waals surface area contributed by atoms with Crippen LogP contribution < -0.4 is 11.1 Å². The van der Waals surface area contributed by atoms with E-state index in [1.54, 1.807) is 6.07 Å². The highest BCUT2D eigenvalue weighted by atomic mass is 16.5. The molecule has 0 fully saturated rings. The van der Waals surface area contributed by atoms with E-state index >= 15 is 0 Å². The molecule has 6 nitrogen and oxygen atoms in total. The molecule has 1 aromatic heterocycles. The summed E-state index contributed by atoms with van der Waals surface area (Å²) in [5.74, 6) is -0.308. The van der Waals surface area contributed by atoms with Crippen molar-refractivity contribution in [3.8, 4) is 0 Å². The zero-order valence-corrected chi connectivity index (χ0v) is 11.9. The van der Waals surface area contributed by atoms with E-state index in [4.69, 9.17) is 10.5 Å². The fraction of sp³-hybridized carbons (Fsp3) is 0.333. The van der Waals surface area contributed by atoms with Crippen molar-refractivity contribution in [2.75, 3.05) is 26.0 Å². The van der Waals surface area contributed by atoms with E-state index in [-0.39, 0.29) is 18.2 Å². The summed E-state index contributed by atoms with van der Waals surface area (Å²) in [6, 6.07) is 8.95. The summed E-state index contributed by atoms with van der Waals surface area (Å²) in [6.45, 7) is 0.592. The number of hydrogen-bond donors (Lipinski definition) is 3. The number of nitrogens with two attached hydrogens (primary N) is 1. The Morgan fingerprint density at radius 1 is 1.48 bits per heavy atom. The number of benzene rings is 1. The summed E-state index contributed by atoms with van der Waals surface area (Å²) in [7, 11) is 1.52. The Morgan fingerprint density at radius 2 is 2.24 bits per heavy atom. The third kappa shape index (κ3) is 3.90. The fourth-order valence-corrected chi connectivity index (χ4v) is 2.04. The minimum atomic E-state index is -0.593. The topological polar surface area (TPSA) is 97.5 Å². The van der Waals surface area contributed by atoms with E-state index in [9.17, 15) is 9.90 Å². The summed E-state index contributed by atoms with van der Waals surface area (Å²) in [6.07, 6.45) is -0.173. The van der Waals surface area contributed by atoms with E-state index < -0.39 is 6.10 Å². The lowest BCUT2D eigenvalue weighted by Gasteiger charge is -2.10. The molecule has 1 heterocycles. The number of aromatic nitrogens is 1. The number of methoxy groups -OCH3 is 1. The van der Waals surface area contributed by atoms with Crippen LogP contribution in [0.4, 0.5) is 5.69 Å². The molecule has 0 aliphatic rings. The van der Waals surface area contributed by atoms with Crippen molar-refractivity contribution in [3.63, 3.8) is 0 Å². The Kier molecular flexibility index (Phi) is 5.08. The third-order valence-corrected chi connectivity index (χ3v) is 3.10. The van der Waals surface area contributed by atoms with Crippen molar-refractivity contribution in [2.45, 2.75) is 12.5 Å². The molecule has 21 heavy (non-hydrogen) atoms. The summed E-state index contributed by atoms with van der Waals surface area (Å²) in [5, 5.41) is 13.0. The van der Waals surface area contributed by atoms with Gasteiger partial charge in [0.1, 0.15) is 5.69 Å². The SMILES string of the molecule is COCC(O)CCNC(=O)c1cc(N)c2ccccc2n1. The zero-order chi connectivity index (χ0) is 15.2. The van der Waals surface area contributed by atoms with E-state index in [1.165, 1.54) is 7.11 Å².